The third-order valence-corrected chi connectivity index (χ3v) is 7.96. The number of non-ortho nitro benzene ring substituents is 1. The van der Waals surface area contributed by atoms with Crippen molar-refractivity contribution in [3.63, 3.8) is 0 Å². The van der Waals surface area contributed by atoms with E-state index in [1.165, 1.54) is 16.4 Å². The molecule has 0 aromatic heterocycles. The van der Waals surface area contributed by atoms with Gasteiger partial charge < -0.3 is 9.80 Å². The van der Waals surface area contributed by atoms with Crippen molar-refractivity contribution < 1.29 is 13.3 Å². The first-order valence-corrected chi connectivity index (χ1v) is 12.1. The summed E-state index contributed by atoms with van der Waals surface area (Å²) >= 11 is 0. The van der Waals surface area contributed by atoms with Crippen LogP contribution in [0.2, 0.25) is 0 Å². The maximum absolute atomic E-state index is 13.3. The van der Waals surface area contributed by atoms with E-state index < -0.39 is 14.9 Å². The second-order valence-electron chi connectivity index (χ2n) is 8.01. The Kier molecular flexibility index (Phi) is 6.30. The molecule has 10 heteroatoms. The van der Waals surface area contributed by atoms with Gasteiger partial charge in [-0.1, -0.05) is 0 Å². The van der Waals surface area contributed by atoms with E-state index in [1.54, 1.807) is 18.2 Å². The third-order valence-electron chi connectivity index (χ3n) is 6.04. The van der Waals surface area contributed by atoms with E-state index in [4.69, 9.17) is 5.26 Å². The Morgan fingerprint density at radius 3 is 2.19 bits per heavy atom. The highest BCUT2D eigenvalue weighted by atomic mass is 32.2. The van der Waals surface area contributed by atoms with Gasteiger partial charge in [-0.05, 0) is 49.6 Å². The fraction of sp³-hybridized carbons (Fsp3) is 0.409. The lowest BCUT2D eigenvalue weighted by Crippen LogP contribution is -2.33. The highest BCUT2D eigenvalue weighted by Crippen LogP contribution is 2.34. The van der Waals surface area contributed by atoms with E-state index in [2.05, 4.69) is 11.0 Å². The highest BCUT2D eigenvalue weighted by Gasteiger charge is 2.32. The van der Waals surface area contributed by atoms with Crippen LogP contribution in [-0.2, 0) is 10.0 Å². The minimum Gasteiger partial charge on any atom is -0.370 e. The monoisotopic (exact) mass is 455 g/mol. The fourth-order valence-electron chi connectivity index (χ4n) is 4.32. The molecule has 4 rings (SSSR count). The van der Waals surface area contributed by atoms with Gasteiger partial charge in [-0.25, -0.2) is 8.42 Å². The van der Waals surface area contributed by atoms with Crippen molar-refractivity contribution in [2.45, 2.75) is 24.2 Å². The normalized spacial score (nSPS) is 17.7. The van der Waals surface area contributed by atoms with E-state index >= 15 is 0 Å². The van der Waals surface area contributed by atoms with Crippen molar-refractivity contribution >= 4 is 27.1 Å². The quantitative estimate of drug-likeness (QED) is 0.503. The van der Waals surface area contributed by atoms with Crippen LogP contribution in [0, 0.1) is 21.4 Å². The summed E-state index contributed by atoms with van der Waals surface area (Å²) in [4.78, 5) is 15.0. The van der Waals surface area contributed by atoms with E-state index in [9.17, 15) is 18.5 Å². The molecule has 0 spiro atoms. The highest BCUT2D eigenvalue weighted by molar-refractivity contribution is 7.89. The lowest BCUT2D eigenvalue weighted by molar-refractivity contribution is -0.385. The van der Waals surface area contributed by atoms with Crippen LogP contribution in [0.15, 0.2) is 47.4 Å². The van der Waals surface area contributed by atoms with Crippen molar-refractivity contribution in [2.75, 3.05) is 49.1 Å². The molecule has 168 valence electrons. The SMILES string of the molecule is N#Cc1ccc(N2CCCN(c3ccc([N+](=O)[O-])cc3S(=O)(=O)N3CCCC3)CC2)cc1. The third kappa shape index (κ3) is 4.40. The molecule has 0 amide bonds. The van der Waals surface area contributed by atoms with Gasteiger partial charge in [0.1, 0.15) is 4.90 Å². The second-order valence-corrected chi connectivity index (χ2v) is 9.91. The van der Waals surface area contributed by atoms with E-state index in [0.717, 1.165) is 31.5 Å². The summed E-state index contributed by atoms with van der Waals surface area (Å²) in [6, 6.07) is 13.7. The molecule has 2 heterocycles. The summed E-state index contributed by atoms with van der Waals surface area (Å²) in [7, 11) is -3.82. The van der Waals surface area contributed by atoms with E-state index in [-0.39, 0.29) is 10.6 Å². The number of nitro benzene ring substituents is 1. The average Bonchev–Trinajstić information content (AvgIpc) is 3.25. The smallest absolute Gasteiger partial charge is 0.270 e. The molecule has 2 saturated heterocycles. The summed E-state index contributed by atoms with van der Waals surface area (Å²) in [6.07, 6.45) is 2.40. The molecule has 2 aliphatic heterocycles. The molecule has 2 fully saturated rings. The largest absolute Gasteiger partial charge is 0.370 e. The molecular weight excluding hydrogens is 430 g/mol. The van der Waals surface area contributed by atoms with Gasteiger partial charge in [-0.2, -0.15) is 9.57 Å². The topological polar surface area (TPSA) is 111 Å². The van der Waals surface area contributed by atoms with Crippen molar-refractivity contribution in [2.24, 2.45) is 0 Å². The second kappa shape index (κ2) is 9.14. The van der Waals surface area contributed by atoms with Gasteiger partial charge in [0.25, 0.3) is 5.69 Å². The maximum Gasteiger partial charge on any atom is 0.270 e. The molecule has 0 unspecified atom stereocenters. The van der Waals surface area contributed by atoms with Gasteiger partial charge in [0.05, 0.1) is 22.2 Å². The molecule has 0 atom stereocenters. The molecule has 2 aromatic rings. The number of rotatable bonds is 5. The summed E-state index contributed by atoms with van der Waals surface area (Å²) in [5.41, 5.74) is 1.91. The van der Waals surface area contributed by atoms with Gasteiger partial charge in [-0.15, -0.1) is 0 Å². The number of sulfonamides is 1. The van der Waals surface area contributed by atoms with Gasteiger partial charge in [-0.3, -0.25) is 10.1 Å². The molecule has 0 bridgehead atoms. The Morgan fingerprint density at radius 2 is 1.53 bits per heavy atom. The Bertz CT molecular complexity index is 1140. The van der Waals surface area contributed by atoms with Crippen LogP contribution in [0.3, 0.4) is 0 Å². The standard InChI is InChI=1S/C22H25N5O4S/c23-17-18-4-6-19(7-5-18)24-10-3-11-25(15-14-24)21-9-8-20(27(28)29)16-22(21)32(30,31)26-12-1-2-13-26/h4-9,16H,1-3,10-15H2. The van der Waals surface area contributed by atoms with Crippen LogP contribution < -0.4 is 9.80 Å². The number of hydrogen-bond acceptors (Lipinski definition) is 7. The van der Waals surface area contributed by atoms with E-state index in [1.807, 2.05) is 17.0 Å². The summed E-state index contributed by atoms with van der Waals surface area (Å²) < 4.78 is 28.1. The predicted octanol–water partition coefficient (Wildman–Crippen LogP) is 2.97. The van der Waals surface area contributed by atoms with Crippen LogP contribution in [-0.4, -0.2) is 56.9 Å². The molecule has 0 saturated carbocycles. The lowest BCUT2D eigenvalue weighted by Gasteiger charge is -2.27. The summed E-state index contributed by atoms with van der Waals surface area (Å²) in [6.45, 7) is 3.58. The Balaban J connectivity index is 1.62. The molecule has 0 radical (unpaired) electrons. The first-order valence-electron chi connectivity index (χ1n) is 10.7. The van der Waals surface area contributed by atoms with E-state index in [0.29, 0.717) is 44.0 Å². The van der Waals surface area contributed by atoms with Crippen LogP contribution in [0.1, 0.15) is 24.8 Å². The Morgan fingerprint density at radius 1 is 0.875 bits per heavy atom. The van der Waals surface area contributed by atoms with Gasteiger partial charge in [0.15, 0.2) is 0 Å². The number of hydrogen-bond donors (Lipinski definition) is 0. The van der Waals surface area contributed by atoms with Gasteiger partial charge in [0.2, 0.25) is 10.0 Å². The van der Waals surface area contributed by atoms with Crippen LogP contribution in [0.5, 0.6) is 0 Å². The molecule has 0 aliphatic carbocycles. The zero-order chi connectivity index (χ0) is 22.7. The van der Waals surface area contributed by atoms with Crippen molar-refractivity contribution in [1.82, 2.24) is 4.31 Å². The van der Waals surface area contributed by atoms with Crippen molar-refractivity contribution in [3.8, 4) is 6.07 Å². The number of benzene rings is 2. The Labute approximate surface area is 187 Å². The number of nitriles is 1. The van der Waals surface area contributed by atoms with Crippen LogP contribution in [0.25, 0.3) is 0 Å². The zero-order valence-corrected chi connectivity index (χ0v) is 18.5. The fourth-order valence-corrected chi connectivity index (χ4v) is 6.06. The first kappa shape index (κ1) is 22.0. The number of anilines is 2. The molecule has 9 nitrogen and oxygen atoms in total. The molecule has 2 aliphatic rings. The molecule has 32 heavy (non-hydrogen) atoms. The first-order chi connectivity index (χ1) is 15.4. The predicted molar refractivity (Wildman–Crippen MR) is 121 cm³/mol. The maximum atomic E-state index is 13.3. The number of nitro groups is 1. The van der Waals surface area contributed by atoms with Crippen LogP contribution in [0.4, 0.5) is 17.1 Å². The molecule has 2 aromatic carbocycles. The molecular formula is C22H25N5O4S. The van der Waals surface area contributed by atoms with Crippen LogP contribution >= 0.6 is 0 Å². The van der Waals surface area contributed by atoms with Gasteiger partial charge >= 0.3 is 0 Å². The average molecular weight is 456 g/mol. The lowest BCUT2D eigenvalue weighted by atomic mass is 10.2. The van der Waals surface area contributed by atoms with Crippen molar-refractivity contribution in [3.05, 3.63) is 58.1 Å². The summed E-state index contributed by atoms with van der Waals surface area (Å²) in [5, 5.41) is 20.4. The molecule has 0 N–H and O–H groups in total. The number of nitrogens with zero attached hydrogens (tertiary/aromatic N) is 5. The van der Waals surface area contributed by atoms with Gasteiger partial charge in [0, 0.05) is 57.1 Å². The summed E-state index contributed by atoms with van der Waals surface area (Å²) in [5.74, 6) is 0. The Hall–Kier alpha value is -3.16. The zero-order valence-electron chi connectivity index (χ0n) is 17.7. The van der Waals surface area contributed by atoms with Crippen molar-refractivity contribution in [1.29, 1.82) is 5.26 Å². The minimum absolute atomic E-state index is 0.0143. The minimum atomic E-state index is -3.82.